The number of nitrogens with zero attached hydrogens (tertiary/aromatic N) is 2. The van der Waals surface area contributed by atoms with Crippen LogP contribution in [0.15, 0.2) is 18.2 Å². The molecular weight excluding hydrogens is 212 g/mol. The van der Waals surface area contributed by atoms with Gasteiger partial charge in [-0.3, -0.25) is 0 Å². The zero-order valence-electron chi connectivity index (χ0n) is 10.1. The highest BCUT2D eigenvalue weighted by Crippen LogP contribution is 2.31. The predicted octanol–water partition coefficient (Wildman–Crippen LogP) is 1.53. The van der Waals surface area contributed by atoms with Gasteiger partial charge in [-0.15, -0.1) is 0 Å². The fourth-order valence-corrected chi connectivity index (χ4v) is 2.27. The molecule has 17 heavy (non-hydrogen) atoms. The SMILES string of the molecule is CC(CCN)N1CCNc2ccc(C#N)cc21. The van der Waals surface area contributed by atoms with Crippen molar-refractivity contribution in [1.29, 1.82) is 5.26 Å². The van der Waals surface area contributed by atoms with Gasteiger partial charge >= 0.3 is 0 Å². The number of hydrogen-bond acceptors (Lipinski definition) is 4. The lowest BCUT2D eigenvalue weighted by Crippen LogP contribution is -2.41. The Morgan fingerprint density at radius 1 is 1.59 bits per heavy atom. The highest BCUT2D eigenvalue weighted by atomic mass is 15.2. The van der Waals surface area contributed by atoms with Gasteiger partial charge in [0.1, 0.15) is 0 Å². The Balaban J connectivity index is 2.32. The summed E-state index contributed by atoms with van der Waals surface area (Å²) in [7, 11) is 0. The topological polar surface area (TPSA) is 65.1 Å². The van der Waals surface area contributed by atoms with E-state index in [-0.39, 0.29) is 0 Å². The Bertz CT molecular complexity index is 436. The summed E-state index contributed by atoms with van der Waals surface area (Å²) in [5.41, 5.74) is 8.56. The molecule has 1 aromatic carbocycles. The van der Waals surface area contributed by atoms with Crippen molar-refractivity contribution in [3.63, 3.8) is 0 Å². The molecule has 3 N–H and O–H groups in total. The molecule has 1 unspecified atom stereocenters. The van der Waals surface area contributed by atoms with Gasteiger partial charge < -0.3 is 16.0 Å². The number of nitriles is 1. The third kappa shape index (κ3) is 2.34. The van der Waals surface area contributed by atoms with Crippen LogP contribution < -0.4 is 16.0 Å². The molecule has 0 bridgehead atoms. The van der Waals surface area contributed by atoms with E-state index in [0.29, 0.717) is 18.2 Å². The van der Waals surface area contributed by atoms with Crippen LogP contribution >= 0.6 is 0 Å². The lowest BCUT2D eigenvalue weighted by atomic mass is 10.1. The molecule has 1 aliphatic rings. The Morgan fingerprint density at radius 3 is 3.12 bits per heavy atom. The molecule has 2 rings (SSSR count). The summed E-state index contributed by atoms with van der Waals surface area (Å²) in [6, 6.07) is 8.39. The zero-order chi connectivity index (χ0) is 12.3. The summed E-state index contributed by atoms with van der Waals surface area (Å²) in [5, 5.41) is 12.3. The van der Waals surface area contributed by atoms with Gasteiger partial charge in [0.25, 0.3) is 0 Å². The van der Waals surface area contributed by atoms with Gasteiger partial charge in [0, 0.05) is 19.1 Å². The van der Waals surface area contributed by atoms with Crippen LogP contribution in [0.5, 0.6) is 0 Å². The fourth-order valence-electron chi connectivity index (χ4n) is 2.27. The summed E-state index contributed by atoms with van der Waals surface area (Å²) in [6.07, 6.45) is 0.968. The number of nitrogens with one attached hydrogen (secondary N) is 1. The maximum Gasteiger partial charge on any atom is 0.0992 e. The van der Waals surface area contributed by atoms with Crippen molar-refractivity contribution in [2.75, 3.05) is 29.9 Å². The van der Waals surface area contributed by atoms with Crippen LogP contribution in [0, 0.1) is 11.3 Å². The van der Waals surface area contributed by atoms with E-state index in [9.17, 15) is 0 Å². The minimum Gasteiger partial charge on any atom is -0.382 e. The van der Waals surface area contributed by atoms with Crippen molar-refractivity contribution in [1.82, 2.24) is 0 Å². The standard InChI is InChI=1S/C13H18N4/c1-10(4-5-14)17-7-6-16-12-3-2-11(9-15)8-13(12)17/h2-3,8,10,16H,4-7,14H2,1H3. The Labute approximate surface area is 102 Å². The van der Waals surface area contributed by atoms with E-state index in [1.54, 1.807) is 0 Å². The molecule has 0 amide bonds. The van der Waals surface area contributed by atoms with Crippen LogP contribution in [0.25, 0.3) is 0 Å². The number of nitrogens with two attached hydrogens (primary N) is 1. The molecule has 0 aliphatic carbocycles. The first-order chi connectivity index (χ1) is 8.26. The second kappa shape index (κ2) is 5.07. The average Bonchev–Trinajstić information content (AvgIpc) is 2.37. The molecule has 0 saturated carbocycles. The first-order valence-electron chi connectivity index (χ1n) is 6.01. The van der Waals surface area contributed by atoms with Crippen LogP contribution in [0.2, 0.25) is 0 Å². The number of anilines is 2. The molecule has 0 aromatic heterocycles. The van der Waals surface area contributed by atoms with E-state index in [4.69, 9.17) is 11.0 Å². The number of fused-ring (bicyclic) bond motifs is 1. The normalized spacial score (nSPS) is 15.7. The first-order valence-corrected chi connectivity index (χ1v) is 6.01. The summed E-state index contributed by atoms with van der Waals surface area (Å²) < 4.78 is 0. The van der Waals surface area contributed by atoms with Crippen molar-refractivity contribution in [3.05, 3.63) is 23.8 Å². The Hall–Kier alpha value is -1.73. The van der Waals surface area contributed by atoms with Crippen LogP contribution in [0.4, 0.5) is 11.4 Å². The number of rotatable bonds is 3. The molecule has 0 radical (unpaired) electrons. The van der Waals surface area contributed by atoms with Gasteiger partial charge in [-0.25, -0.2) is 0 Å². The van der Waals surface area contributed by atoms with E-state index in [2.05, 4.69) is 23.2 Å². The molecule has 1 heterocycles. The third-order valence-electron chi connectivity index (χ3n) is 3.22. The van der Waals surface area contributed by atoms with Crippen molar-refractivity contribution in [3.8, 4) is 6.07 Å². The van der Waals surface area contributed by atoms with Crippen LogP contribution in [-0.4, -0.2) is 25.7 Å². The fraction of sp³-hybridized carbons (Fsp3) is 0.462. The Morgan fingerprint density at radius 2 is 2.41 bits per heavy atom. The monoisotopic (exact) mass is 230 g/mol. The highest BCUT2D eigenvalue weighted by Gasteiger charge is 2.20. The minimum absolute atomic E-state index is 0.412. The van der Waals surface area contributed by atoms with Gasteiger partial charge in [0.15, 0.2) is 0 Å². The van der Waals surface area contributed by atoms with Gasteiger partial charge in [0.05, 0.1) is 23.0 Å². The van der Waals surface area contributed by atoms with E-state index in [0.717, 1.165) is 30.9 Å². The summed E-state index contributed by atoms with van der Waals surface area (Å²) >= 11 is 0. The van der Waals surface area contributed by atoms with Crippen molar-refractivity contribution in [2.24, 2.45) is 5.73 Å². The molecule has 4 nitrogen and oxygen atoms in total. The van der Waals surface area contributed by atoms with E-state index in [1.807, 2.05) is 18.2 Å². The smallest absolute Gasteiger partial charge is 0.0992 e. The third-order valence-corrected chi connectivity index (χ3v) is 3.22. The van der Waals surface area contributed by atoms with Crippen LogP contribution in [-0.2, 0) is 0 Å². The lowest BCUT2D eigenvalue weighted by molar-refractivity contribution is 0.595. The van der Waals surface area contributed by atoms with Crippen LogP contribution in [0.3, 0.4) is 0 Å². The molecule has 1 aliphatic heterocycles. The molecular formula is C13H18N4. The molecule has 1 aromatic rings. The van der Waals surface area contributed by atoms with Gasteiger partial charge in [0.2, 0.25) is 0 Å². The summed E-state index contributed by atoms with van der Waals surface area (Å²) in [5.74, 6) is 0. The van der Waals surface area contributed by atoms with E-state index >= 15 is 0 Å². The molecule has 0 spiro atoms. The number of hydrogen-bond donors (Lipinski definition) is 2. The lowest BCUT2D eigenvalue weighted by Gasteiger charge is -2.36. The largest absolute Gasteiger partial charge is 0.382 e. The van der Waals surface area contributed by atoms with Gasteiger partial charge in [-0.05, 0) is 38.1 Å². The van der Waals surface area contributed by atoms with E-state index in [1.165, 1.54) is 0 Å². The minimum atomic E-state index is 0.412. The average molecular weight is 230 g/mol. The number of benzene rings is 1. The first kappa shape index (κ1) is 11.7. The van der Waals surface area contributed by atoms with Gasteiger partial charge in [-0.1, -0.05) is 0 Å². The molecule has 0 fully saturated rings. The molecule has 1 atom stereocenters. The molecule has 4 heteroatoms. The molecule has 90 valence electrons. The summed E-state index contributed by atoms with van der Waals surface area (Å²) in [4.78, 5) is 2.33. The van der Waals surface area contributed by atoms with Crippen molar-refractivity contribution < 1.29 is 0 Å². The van der Waals surface area contributed by atoms with Crippen molar-refractivity contribution >= 4 is 11.4 Å². The second-order valence-corrected chi connectivity index (χ2v) is 4.39. The highest BCUT2D eigenvalue weighted by molar-refractivity contribution is 5.74. The van der Waals surface area contributed by atoms with E-state index < -0.39 is 0 Å². The predicted molar refractivity (Wildman–Crippen MR) is 70.1 cm³/mol. The quantitative estimate of drug-likeness (QED) is 0.826. The zero-order valence-corrected chi connectivity index (χ0v) is 10.1. The maximum atomic E-state index is 8.96. The summed E-state index contributed by atoms with van der Waals surface area (Å²) in [6.45, 7) is 4.77. The Kier molecular flexibility index (Phi) is 3.50. The maximum absolute atomic E-state index is 8.96. The van der Waals surface area contributed by atoms with Crippen LogP contribution in [0.1, 0.15) is 18.9 Å². The second-order valence-electron chi connectivity index (χ2n) is 4.39. The van der Waals surface area contributed by atoms with Gasteiger partial charge in [-0.2, -0.15) is 5.26 Å². The molecule has 0 saturated heterocycles. The van der Waals surface area contributed by atoms with Crippen molar-refractivity contribution in [2.45, 2.75) is 19.4 Å².